The summed E-state index contributed by atoms with van der Waals surface area (Å²) in [6.45, 7) is 5.33. The fraction of sp³-hybridized carbons (Fsp3) is 0.300. The number of sulfonamides is 1. The lowest BCUT2D eigenvalue weighted by Gasteiger charge is -2.29. The fourth-order valence-electron chi connectivity index (χ4n) is 4.18. The van der Waals surface area contributed by atoms with Gasteiger partial charge in [-0.05, 0) is 36.1 Å². The smallest absolute Gasteiger partial charge is 0.408 e. The molecule has 0 fully saturated rings. The summed E-state index contributed by atoms with van der Waals surface area (Å²) in [7, 11) is -4.11. The van der Waals surface area contributed by atoms with E-state index < -0.39 is 34.2 Å². The first kappa shape index (κ1) is 28.8. The van der Waals surface area contributed by atoms with Gasteiger partial charge in [0.25, 0.3) is 10.0 Å². The van der Waals surface area contributed by atoms with Crippen LogP contribution in [0.2, 0.25) is 0 Å². The molecule has 0 aromatic heterocycles. The highest BCUT2D eigenvalue weighted by Crippen LogP contribution is 2.26. The predicted octanol–water partition coefficient (Wildman–Crippen LogP) is 4.46. The monoisotopic (exact) mass is 563 g/mol. The number of hydrogen-bond donors (Lipinski definition) is 1. The van der Waals surface area contributed by atoms with Crippen LogP contribution in [0.5, 0.6) is 0 Å². The zero-order valence-corrected chi connectivity index (χ0v) is 23.5. The van der Waals surface area contributed by atoms with Gasteiger partial charge < -0.3 is 14.8 Å². The van der Waals surface area contributed by atoms with Gasteiger partial charge in [0, 0.05) is 0 Å². The first-order valence-electron chi connectivity index (χ1n) is 13.0. The maximum atomic E-state index is 13.8. The van der Waals surface area contributed by atoms with Gasteiger partial charge in [-0.3, -0.25) is 4.99 Å². The van der Waals surface area contributed by atoms with E-state index in [0.29, 0.717) is 0 Å². The van der Waals surface area contributed by atoms with Crippen LogP contribution in [0.3, 0.4) is 0 Å². The van der Waals surface area contributed by atoms with Crippen LogP contribution in [-0.4, -0.2) is 49.2 Å². The normalized spacial score (nSPS) is 15.8. The summed E-state index contributed by atoms with van der Waals surface area (Å²) in [5.74, 6) is -0.885. The number of amides is 1. The Labute approximate surface area is 234 Å². The zero-order chi connectivity index (χ0) is 28.7. The van der Waals surface area contributed by atoms with E-state index in [1.807, 2.05) is 81.4 Å². The number of alkyl carbamates (subject to hydrolysis) is 1. The number of aliphatic imine (C=N–C) groups is 1. The number of ether oxygens (including phenoxy) is 2. The molecule has 0 radical (unpaired) electrons. The lowest BCUT2D eigenvalue weighted by Crippen LogP contribution is -2.51. The third kappa shape index (κ3) is 7.06. The molecule has 0 unspecified atom stereocenters. The molecule has 1 aliphatic heterocycles. The first-order chi connectivity index (χ1) is 19.1. The van der Waals surface area contributed by atoms with Gasteiger partial charge in [-0.15, -0.1) is 0 Å². The zero-order valence-electron chi connectivity index (χ0n) is 22.7. The van der Waals surface area contributed by atoms with Gasteiger partial charge in [-0.25, -0.2) is 22.3 Å². The lowest BCUT2D eigenvalue weighted by atomic mass is 10.0. The van der Waals surface area contributed by atoms with E-state index in [-0.39, 0.29) is 36.4 Å². The molecule has 2 atom stereocenters. The summed E-state index contributed by atoms with van der Waals surface area (Å²) in [4.78, 5) is 30.4. The first-order valence-corrected chi connectivity index (χ1v) is 14.4. The molecule has 4 rings (SSSR count). The van der Waals surface area contributed by atoms with Crippen molar-refractivity contribution < 1.29 is 27.5 Å². The van der Waals surface area contributed by atoms with Gasteiger partial charge in [-0.2, -0.15) is 0 Å². The molecule has 1 amide bonds. The number of nitrogens with one attached hydrogen (secondary N) is 1. The second kappa shape index (κ2) is 12.8. The Morgan fingerprint density at radius 2 is 1.45 bits per heavy atom. The summed E-state index contributed by atoms with van der Waals surface area (Å²) in [5.41, 5.74) is 2.51. The van der Waals surface area contributed by atoms with Crippen LogP contribution in [0, 0.1) is 12.8 Å². The van der Waals surface area contributed by atoms with Crippen molar-refractivity contribution in [3.05, 3.63) is 102 Å². The van der Waals surface area contributed by atoms with Crippen LogP contribution in [0.25, 0.3) is 0 Å². The van der Waals surface area contributed by atoms with Crippen LogP contribution < -0.4 is 5.32 Å². The van der Waals surface area contributed by atoms with E-state index in [1.54, 1.807) is 12.1 Å². The molecule has 1 aliphatic rings. The summed E-state index contributed by atoms with van der Waals surface area (Å²) in [5, 5.41) is 2.76. The molecule has 210 valence electrons. The van der Waals surface area contributed by atoms with Crippen molar-refractivity contribution in [2.75, 3.05) is 6.54 Å². The minimum atomic E-state index is -4.11. The molecule has 0 saturated heterocycles. The number of benzene rings is 3. The molecule has 0 spiro atoms. The lowest BCUT2D eigenvalue weighted by molar-refractivity contribution is -0.146. The molecule has 0 aliphatic carbocycles. The third-order valence-electron chi connectivity index (χ3n) is 6.42. The summed E-state index contributed by atoms with van der Waals surface area (Å²) >= 11 is 0. The van der Waals surface area contributed by atoms with Crippen molar-refractivity contribution in [1.29, 1.82) is 0 Å². The van der Waals surface area contributed by atoms with Crippen molar-refractivity contribution >= 4 is 27.9 Å². The standard InChI is InChI=1S/C30H33N3O6S/c1-21(2)27(32-30(35)39-20-24-12-8-5-9-13-24)28-31-26(29(34)38-19-23-10-6-4-7-11-23)18-33(28)40(36,37)25-16-14-22(3)15-17-25/h4-17,21,26-27H,18-20H2,1-3H3,(H,32,35)/t26-,27+/m0/s1. The topological polar surface area (TPSA) is 114 Å². The van der Waals surface area contributed by atoms with Crippen molar-refractivity contribution in [2.24, 2.45) is 10.9 Å². The van der Waals surface area contributed by atoms with Crippen LogP contribution in [-0.2, 0) is 37.5 Å². The Balaban J connectivity index is 1.58. The van der Waals surface area contributed by atoms with E-state index >= 15 is 0 Å². The number of hydrogen-bond acceptors (Lipinski definition) is 7. The highest BCUT2D eigenvalue weighted by Gasteiger charge is 2.43. The van der Waals surface area contributed by atoms with Gasteiger partial charge in [0.05, 0.1) is 17.5 Å². The van der Waals surface area contributed by atoms with Gasteiger partial charge in [0.1, 0.15) is 19.0 Å². The molecule has 10 heteroatoms. The summed E-state index contributed by atoms with van der Waals surface area (Å²) < 4.78 is 39.5. The molecule has 0 bridgehead atoms. The van der Waals surface area contributed by atoms with E-state index in [9.17, 15) is 18.0 Å². The Kier molecular flexibility index (Phi) is 9.21. The number of rotatable bonds is 10. The average Bonchev–Trinajstić information content (AvgIpc) is 3.41. The number of esters is 1. The number of nitrogens with zero attached hydrogens (tertiary/aromatic N) is 2. The van der Waals surface area contributed by atoms with Crippen molar-refractivity contribution in [1.82, 2.24) is 9.62 Å². The molecular formula is C30H33N3O6S. The molecule has 0 saturated carbocycles. The Morgan fingerprint density at radius 1 is 0.900 bits per heavy atom. The third-order valence-corrected chi connectivity index (χ3v) is 8.20. The SMILES string of the molecule is Cc1ccc(S(=O)(=O)N2C[C@@H](C(=O)OCc3ccccc3)N=C2[C@H](NC(=O)OCc2ccccc2)C(C)C)cc1. The van der Waals surface area contributed by atoms with Gasteiger partial charge in [0.2, 0.25) is 0 Å². The number of carbonyl (C=O) groups is 2. The Hall–Kier alpha value is -4.18. The fourth-order valence-corrected chi connectivity index (χ4v) is 5.66. The highest BCUT2D eigenvalue weighted by molar-refractivity contribution is 7.89. The average molecular weight is 564 g/mol. The number of carbonyl (C=O) groups excluding carboxylic acids is 2. The van der Waals surface area contributed by atoms with E-state index in [0.717, 1.165) is 21.0 Å². The number of aryl methyl sites for hydroxylation is 1. The number of amidine groups is 1. The summed E-state index contributed by atoms with van der Waals surface area (Å²) in [6, 6.07) is 22.8. The molecule has 9 nitrogen and oxygen atoms in total. The highest BCUT2D eigenvalue weighted by atomic mass is 32.2. The molecule has 3 aromatic carbocycles. The minimum absolute atomic E-state index is 0.0312. The second-order valence-electron chi connectivity index (χ2n) is 9.87. The second-order valence-corrected chi connectivity index (χ2v) is 11.7. The van der Waals surface area contributed by atoms with Crippen molar-refractivity contribution in [3.8, 4) is 0 Å². The Bertz CT molecular complexity index is 1440. The minimum Gasteiger partial charge on any atom is -0.459 e. The molecule has 1 N–H and O–H groups in total. The maximum absolute atomic E-state index is 13.8. The molecular weight excluding hydrogens is 530 g/mol. The van der Waals surface area contributed by atoms with E-state index in [1.165, 1.54) is 12.1 Å². The molecule has 1 heterocycles. The van der Waals surface area contributed by atoms with Crippen LogP contribution in [0.15, 0.2) is 94.8 Å². The summed E-state index contributed by atoms with van der Waals surface area (Å²) in [6.07, 6.45) is -0.729. The van der Waals surface area contributed by atoms with Crippen molar-refractivity contribution in [3.63, 3.8) is 0 Å². The quantitative estimate of drug-likeness (QED) is 0.364. The van der Waals surface area contributed by atoms with E-state index in [4.69, 9.17) is 9.47 Å². The predicted molar refractivity (Wildman–Crippen MR) is 151 cm³/mol. The molecule has 40 heavy (non-hydrogen) atoms. The van der Waals surface area contributed by atoms with E-state index in [2.05, 4.69) is 10.3 Å². The van der Waals surface area contributed by atoms with Crippen LogP contribution >= 0.6 is 0 Å². The van der Waals surface area contributed by atoms with Crippen molar-refractivity contribution in [2.45, 2.75) is 51.0 Å². The molecule has 3 aromatic rings. The van der Waals surface area contributed by atoms with Crippen LogP contribution in [0.1, 0.15) is 30.5 Å². The Morgan fingerprint density at radius 3 is 2.00 bits per heavy atom. The maximum Gasteiger partial charge on any atom is 0.408 e. The van der Waals surface area contributed by atoms with Gasteiger partial charge >= 0.3 is 12.1 Å². The van der Waals surface area contributed by atoms with Crippen LogP contribution in [0.4, 0.5) is 4.79 Å². The van der Waals surface area contributed by atoms with Gasteiger partial charge in [-0.1, -0.05) is 92.2 Å². The largest absolute Gasteiger partial charge is 0.459 e. The van der Waals surface area contributed by atoms with Gasteiger partial charge in [0.15, 0.2) is 6.04 Å².